The predicted octanol–water partition coefficient (Wildman–Crippen LogP) is 2.06. The Bertz CT molecular complexity index is 112. The van der Waals surface area contributed by atoms with Gasteiger partial charge < -0.3 is 10.2 Å². The highest BCUT2D eigenvalue weighted by Crippen LogP contribution is 2.10. The molecule has 0 bridgehead atoms. The highest BCUT2D eigenvalue weighted by Gasteiger charge is 2.19. The molecule has 0 saturated carbocycles. The molecule has 14 heavy (non-hydrogen) atoms. The third-order valence-electron chi connectivity index (χ3n) is 2.37. The standard InChI is InChI=1S/C6H12FN.C3H7N.C2H6/c1-2-8-4-3-6(7)5-8;1-2-4-3-1;1-2/h6H,2-5H2,1H3;4H,1-3H2;1-2H3. The lowest BCUT2D eigenvalue weighted by atomic mass is 10.3. The smallest absolute Gasteiger partial charge is 0.114 e. The van der Waals surface area contributed by atoms with E-state index in [0.29, 0.717) is 6.54 Å². The summed E-state index contributed by atoms with van der Waals surface area (Å²) in [6.07, 6.45) is 1.59. The molecule has 2 heterocycles. The maximum absolute atomic E-state index is 12.3. The minimum absolute atomic E-state index is 0.546. The van der Waals surface area contributed by atoms with E-state index in [2.05, 4.69) is 17.1 Å². The van der Waals surface area contributed by atoms with E-state index in [1.165, 1.54) is 19.5 Å². The predicted molar refractivity (Wildman–Crippen MR) is 60.5 cm³/mol. The molecule has 2 nitrogen and oxygen atoms in total. The summed E-state index contributed by atoms with van der Waals surface area (Å²) in [7, 11) is 0. The van der Waals surface area contributed by atoms with Crippen LogP contribution in [0.5, 0.6) is 0 Å². The largest absolute Gasteiger partial charge is 0.317 e. The van der Waals surface area contributed by atoms with Gasteiger partial charge >= 0.3 is 0 Å². The van der Waals surface area contributed by atoms with Gasteiger partial charge in [0, 0.05) is 13.1 Å². The van der Waals surface area contributed by atoms with E-state index >= 15 is 0 Å². The van der Waals surface area contributed by atoms with E-state index in [1.54, 1.807) is 0 Å². The Morgan fingerprint density at radius 1 is 1.36 bits per heavy atom. The SMILES string of the molecule is C1CNC1.CC.CCN1CCC(F)C1. The van der Waals surface area contributed by atoms with Gasteiger partial charge in [-0.2, -0.15) is 0 Å². The van der Waals surface area contributed by atoms with Gasteiger partial charge in [0.25, 0.3) is 0 Å². The molecule has 0 aliphatic carbocycles. The molecular weight excluding hydrogens is 179 g/mol. The number of nitrogens with zero attached hydrogens (tertiary/aromatic N) is 1. The molecule has 2 fully saturated rings. The zero-order valence-corrected chi connectivity index (χ0v) is 9.85. The van der Waals surface area contributed by atoms with Crippen molar-refractivity contribution in [2.45, 2.75) is 39.8 Å². The first-order valence-electron chi connectivity index (χ1n) is 5.90. The summed E-state index contributed by atoms with van der Waals surface area (Å²) >= 11 is 0. The summed E-state index contributed by atoms with van der Waals surface area (Å²) in [6, 6.07) is 0. The van der Waals surface area contributed by atoms with Crippen LogP contribution in [-0.2, 0) is 0 Å². The fourth-order valence-electron chi connectivity index (χ4n) is 1.25. The topological polar surface area (TPSA) is 15.3 Å². The Kier molecular flexibility index (Phi) is 9.31. The summed E-state index contributed by atoms with van der Waals surface area (Å²) < 4.78 is 12.3. The van der Waals surface area contributed by atoms with Crippen molar-refractivity contribution < 1.29 is 4.39 Å². The summed E-state index contributed by atoms with van der Waals surface area (Å²) in [5, 5.41) is 3.11. The van der Waals surface area contributed by atoms with Gasteiger partial charge in [-0.3, -0.25) is 0 Å². The second-order valence-corrected chi connectivity index (χ2v) is 3.38. The number of rotatable bonds is 1. The lowest BCUT2D eigenvalue weighted by Gasteiger charge is -2.09. The Morgan fingerprint density at radius 3 is 2.00 bits per heavy atom. The van der Waals surface area contributed by atoms with Crippen LogP contribution >= 0.6 is 0 Å². The number of hydrogen-bond acceptors (Lipinski definition) is 2. The highest BCUT2D eigenvalue weighted by atomic mass is 19.1. The van der Waals surface area contributed by atoms with Gasteiger partial charge in [0.05, 0.1) is 0 Å². The quantitative estimate of drug-likeness (QED) is 0.703. The highest BCUT2D eigenvalue weighted by molar-refractivity contribution is 4.72. The van der Waals surface area contributed by atoms with Crippen LogP contribution in [0.25, 0.3) is 0 Å². The van der Waals surface area contributed by atoms with E-state index in [1.807, 2.05) is 13.8 Å². The van der Waals surface area contributed by atoms with Crippen molar-refractivity contribution in [3.8, 4) is 0 Å². The van der Waals surface area contributed by atoms with Gasteiger partial charge in [-0.15, -0.1) is 0 Å². The molecular formula is C11H25FN2. The van der Waals surface area contributed by atoms with Crippen LogP contribution in [0.2, 0.25) is 0 Å². The maximum atomic E-state index is 12.3. The number of alkyl halides is 1. The molecule has 1 unspecified atom stereocenters. The normalized spacial score (nSPS) is 25.3. The van der Waals surface area contributed by atoms with Gasteiger partial charge in [-0.1, -0.05) is 20.8 Å². The minimum Gasteiger partial charge on any atom is -0.317 e. The summed E-state index contributed by atoms with van der Waals surface area (Å²) in [5.41, 5.74) is 0. The number of halogens is 1. The van der Waals surface area contributed by atoms with Crippen molar-refractivity contribution in [2.24, 2.45) is 0 Å². The molecule has 0 aromatic carbocycles. The lowest BCUT2D eigenvalue weighted by molar-refractivity contribution is 0.298. The van der Waals surface area contributed by atoms with Crippen molar-refractivity contribution >= 4 is 0 Å². The molecule has 0 radical (unpaired) electrons. The molecule has 1 N–H and O–H groups in total. The molecule has 0 amide bonds. The fraction of sp³-hybridized carbons (Fsp3) is 1.00. The summed E-state index contributed by atoms with van der Waals surface area (Å²) in [4.78, 5) is 2.13. The van der Waals surface area contributed by atoms with Gasteiger partial charge in [0.15, 0.2) is 0 Å². The van der Waals surface area contributed by atoms with Crippen LogP contribution in [0.15, 0.2) is 0 Å². The van der Waals surface area contributed by atoms with Crippen molar-refractivity contribution in [1.29, 1.82) is 0 Å². The molecule has 0 aromatic heterocycles. The Balaban J connectivity index is 0.000000236. The van der Waals surface area contributed by atoms with Crippen LogP contribution in [0.3, 0.4) is 0 Å². The van der Waals surface area contributed by atoms with Gasteiger partial charge in [-0.05, 0) is 32.5 Å². The lowest BCUT2D eigenvalue weighted by Crippen LogP contribution is -2.29. The molecule has 2 aliphatic heterocycles. The van der Waals surface area contributed by atoms with E-state index in [4.69, 9.17) is 0 Å². The molecule has 2 aliphatic rings. The third kappa shape index (κ3) is 6.33. The first-order valence-corrected chi connectivity index (χ1v) is 5.90. The minimum atomic E-state index is -0.546. The van der Waals surface area contributed by atoms with Crippen LogP contribution in [0.4, 0.5) is 4.39 Å². The van der Waals surface area contributed by atoms with E-state index in [0.717, 1.165) is 19.5 Å². The van der Waals surface area contributed by atoms with E-state index in [-0.39, 0.29) is 0 Å². The van der Waals surface area contributed by atoms with Gasteiger partial charge in [0.2, 0.25) is 0 Å². The molecule has 2 rings (SSSR count). The first-order chi connectivity index (χ1) is 6.83. The molecule has 1 atom stereocenters. The average molecular weight is 204 g/mol. The maximum Gasteiger partial charge on any atom is 0.114 e. The molecule has 3 heteroatoms. The average Bonchev–Trinajstić information content (AvgIpc) is 2.52. The van der Waals surface area contributed by atoms with Crippen LogP contribution < -0.4 is 5.32 Å². The van der Waals surface area contributed by atoms with Crippen LogP contribution in [0.1, 0.15) is 33.6 Å². The van der Waals surface area contributed by atoms with Crippen molar-refractivity contribution in [3.63, 3.8) is 0 Å². The summed E-state index contributed by atoms with van der Waals surface area (Å²) in [6.45, 7) is 11.2. The monoisotopic (exact) mass is 204 g/mol. The van der Waals surface area contributed by atoms with Crippen molar-refractivity contribution in [1.82, 2.24) is 10.2 Å². The second-order valence-electron chi connectivity index (χ2n) is 3.38. The third-order valence-corrected chi connectivity index (χ3v) is 2.37. The van der Waals surface area contributed by atoms with Crippen molar-refractivity contribution in [3.05, 3.63) is 0 Å². The second kappa shape index (κ2) is 9.41. The molecule has 0 aromatic rings. The van der Waals surface area contributed by atoms with Crippen LogP contribution in [-0.4, -0.2) is 43.8 Å². The molecule has 2 saturated heterocycles. The van der Waals surface area contributed by atoms with Gasteiger partial charge in [-0.25, -0.2) is 4.39 Å². The number of hydrogen-bond donors (Lipinski definition) is 1. The fourth-order valence-corrected chi connectivity index (χ4v) is 1.25. The Hall–Kier alpha value is -0.150. The summed E-state index contributed by atoms with van der Waals surface area (Å²) in [5.74, 6) is 0. The van der Waals surface area contributed by atoms with E-state index in [9.17, 15) is 4.39 Å². The Morgan fingerprint density at radius 2 is 1.86 bits per heavy atom. The first kappa shape index (κ1) is 13.8. The zero-order chi connectivity index (χ0) is 10.8. The Labute approximate surface area is 87.9 Å². The molecule has 86 valence electrons. The van der Waals surface area contributed by atoms with Crippen molar-refractivity contribution in [2.75, 3.05) is 32.7 Å². The molecule has 0 spiro atoms. The number of likely N-dealkylation sites (tertiary alicyclic amines) is 1. The van der Waals surface area contributed by atoms with E-state index < -0.39 is 6.17 Å². The van der Waals surface area contributed by atoms with Gasteiger partial charge in [0.1, 0.15) is 6.17 Å². The number of nitrogens with one attached hydrogen (secondary N) is 1. The van der Waals surface area contributed by atoms with Crippen LogP contribution in [0, 0.1) is 0 Å². The zero-order valence-electron chi connectivity index (χ0n) is 9.85.